The second-order valence-electron chi connectivity index (χ2n) is 20.6. The first-order chi connectivity index (χ1) is 34.5. The summed E-state index contributed by atoms with van der Waals surface area (Å²) in [6.45, 7) is 18.6. The smallest absolute Gasteiger partial charge is 0.497 e. The molecule has 3 N–H and O–H groups in total. The third-order valence-electron chi connectivity index (χ3n) is 12.2. The molecule has 23 heteroatoms. The number of nitrogens with one attached hydrogen (secondary N) is 3. The molecule has 73 heavy (non-hydrogen) atoms. The van der Waals surface area contributed by atoms with Gasteiger partial charge in [0.1, 0.15) is 46.8 Å². The maximum Gasteiger partial charge on any atom is 0.510 e. The van der Waals surface area contributed by atoms with Crippen molar-refractivity contribution in [3.8, 4) is 22.9 Å². The van der Waals surface area contributed by atoms with Gasteiger partial charge in [0.15, 0.2) is 5.13 Å². The molecule has 2 aliphatic carbocycles. The van der Waals surface area contributed by atoms with Gasteiger partial charge in [-0.1, -0.05) is 54.5 Å². The van der Waals surface area contributed by atoms with Crippen molar-refractivity contribution in [3.05, 3.63) is 42.3 Å². The molecule has 2 saturated carbocycles. The summed E-state index contributed by atoms with van der Waals surface area (Å²) >= 11 is 1.42. The monoisotopic (exact) mass is 1060 g/mol. The van der Waals surface area contributed by atoms with Crippen molar-refractivity contribution in [1.82, 2.24) is 25.5 Å². The van der Waals surface area contributed by atoms with Crippen molar-refractivity contribution in [2.45, 2.75) is 136 Å². The first kappa shape index (κ1) is 56.6. The Labute approximate surface area is 430 Å². The highest BCUT2D eigenvalue weighted by molar-refractivity contribution is 7.56. The standard InChI is InChI=1S/C50H71N6O15PS/c1-12-32-22-50(32,72(62,68-27-66-47(60)64-24-29(2)3)69-28-67-48(61)65-25-30(4)5)55-43(57)40-20-35(23-56(40)44(58)42(49(8,9)10)54-46(59)71-33-15-13-14-16-33)70-41-21-38(39-26-73-45(53-39)51-31(6)7)52-37-19-34(63-11)17-18-36(37)41/h12,17-19,21,26,29-33,35,40,42H,1,13-16,20,22-25,27-28H2,2-11H3,(H,51,53)(H,54,59)(H,55,57)/t32-,35-,40?,42?,50+/m1/s1. The minimum absolute atomic E-state index is 0.0177. The Balaban J connectivity index is 1.34. The van der Waals surface area contributed by atoms with Gasteiger partial charge in [-0.2, -0.15) is 0 Å². The molecule has 402 valence electrons. The molecule has 0 spiro atoms. The fourth-order valence-corrected chi connectivity index (χ4v) is 11.4. The van der Waals surface area contributed by atoms with Crippen molar-refractivity contribution in [3.63, 3.8) is 0 Å². The molecule has 2 unspecified atom stereocenters. The number of rotatable bonds is 23. The Hall–Kier alpha value is -5.70. The molecule has 3 fully saturated rings. The number of alkyl carbamates (subject to hydrolysis) is 1. The SMILES string of the molecule is C=C[C@@H]1C[C@]1(NC(=O)C1C[C@@H](Oc2cc(-c3csc(NC(C)C)n3)nc3cc(OC)ccc23)CN1C(=O)C(NC(=O)OC1CCCC1)C(C)(C)C)P(=O)(OCOC(=O)OCC(C)C)OCOC(=O)OCC(C)C. The lowest BCUT2D eigenvalue weighted by Gasteiger charge is -2.36. The molecular weight excluding hydrogens is 988 g/mol. The summed E-state index contributed by atoms with van der Waals surface area (Å²) in [6.07, 6.45) is 0.423. The average Bonchev–Trinajstić information content (AvgIpc) is 3.73. The van der Waals surface area contributed by atoms with Crippen LogP contribution in [0.3, 0.4) is 0 Å². The van der Waals surface area contributed by atoms with Gasteiger partial charge in [0.05, 0.1) is 38.1 Å². The van der Waals surface area contributed by atoms with E-state index in [1.807, 2.05) is 46.9 Å². The van der Waals surface area contributed by atoms with Crippen LogP contribution in [-0.2, 0) is 46.9 Å². The number of nitrogens with zero attached hydrogens (tertiary/aromatic N) is 3. The molecule has 1 aromatic carbocycles. The Morgan fingerprint density at radius 2 is 1.55 bits per heavy atom. The fourth-order valence-electron chi connectivity index (χ4n) is 8.40. The number of hydrogen-bond acceptors (Lipinski definition) is 19. The zero-order valence-electron chi connectivity index (χ0n) is 43.4. The van der Waals surface area contributed by atoms with E-state index in [-0.39, 0.29) is 56.6 Å². The van der Waals surface area contributed by atoms with Crippen LogP contribution >= 0.6 is 18.9 Å². The first-order valence-corrected chi connectivity index (χ1v) is 27.0. The number of pyridine rings is 1. The van der Waals surface area contributed by atoms with Gasteiger partial charge in [0.2, 0.25) is 25.4 Å². The molecule has 1 aliphatic heterocycles. The summed E-state index contributed by atoms with van der Waals surface area (Å²) in [6, 6.07) is 4.72. The van der Waals surface area contributed by atoms with Crippen LogP contribution < -0.4 is 25.4 Å². The predicted octanol–water partition coefficient (Wildman–Crippen LogP) is 9.40. The molecule has 6 rings (SSSR count). The Kier molecular flexibility index (Phi) is 19.0. The second-order valence-corrected chi connectivity index (χ2v) is 23.8. The number of likely N-dealkylation sites (tertiary alicyclic amines) is 1. The third kappa shape index (κ3) is 14.8. The summed E-state index contributed by atoms with van der Waals surface area (Å²) < 4.78 is 65.0. The maximum atomic E-state index is 15.1. The summed E-state index contributed by atoms with van der Waals surface area (Å²) in [5.41, 5.74) is 0.723. The fraction of sp³-hybridized carbons (Fsp3) is 0.620. The third-order valence-corrected chi connectivity index (χ3v) is 15.5. The van der Waals surface area contributed by atoms with Crippen LogP contribution in [0.15, 0.2) is 42.3 Å². The normalized spacial score (nSPS) is 20.4. The predicted molar refractivity (Wildman–Crippen MR) is 271 cm³/mol. The van der Waals surface area contributed by atoms with E-state index < -0.39 is 86.2 Å². The lowest BCUT2D eigenvalue weighted by Crippen LogP contribution is -2.58. The van der Waals surface area contributed by atoms with Crippen molar-refractivity contribution in [1.29, 1.82) is 0 Å². The number of hydrogen-bond donors (Lipinski definition) is 3. The lowest BCUT2D eigenvalue weighted by molar-refractivity contribution is -0.142. The van der Waals surface area contributed by atoms with Crippen LogP contribution in [-0.4, -0.2) is 121 Å². The van der Waals surface area contributed by atoms with Crippen LogP contribution in [0.25, 0.3) is 22.3 Å². The summed E-state index contributed by atoms with van der Waals surface area (Å²) in [7, 11) is -3.19. The van der Waals surface area contributed by atoms with Gasteiger partial charge in [-0.05, 0) is 75.3 Å². The van der Waals surface area contributed by atoms with E-state index in [0.717, 1.165) is 12.8 Å². The van der Waals surface area contributed by atoms with Crippen LogP contribution in [0.1, 0.15) is 101 Å². The number of methoxy groups -OCH3 is 1. The van der Waals surface area contributed by atoms with Gasteiger partial charge in [-0.25, -0.2) is 24.4 Å². The Morgan fingerprint density at radius 1 is 0.904 bits per heavy atom. The number of ether oxygens (including phenoxy) is 7. The molecular formula is C50H71N6O15PS. The zero-order chi connectivity index (χ0) is 53.3. The van der Waals surface area contributed by atoms with Crippen LogP contribution in [0.2, 0.25) is 0 Å². The summed E-state index contributed by atoms with van der Waals surface area (Å²) in [4.78, 5) is 79.6. The number of amides is 3. The highest BCUT2D eigenvalue weighted by Gasteiger charge is 2.69. The highest BCUT2D eigenvalue weighted by atomic mass is 32.1. The first-order valence-electron chi connectivity index (χ1n) is 24.6. The van der Waals surface area contributed by atoms with Crippen molar-refractivity contribution in [2.24, 2.45) is 23.2 Å². The molecule has 0 radical (unpaired) electrons. The van der Waals surface area contributed by atoms with E-state index in [9.17, 15) is 14.4 Å². The number of aromatic nitrogens is 2. The molecule has 0 bridgehead atoms. The number of carbonyl (C=O) groups excluding carboxylic acids is 5. The van der Waals surface area contributed by atoms with E-state index in [1.54, 1.807) is 52.1 Å². The Morgan fingerprint density at radius 3 is 2.11 bits per heavy atom. The number of fused-ring (bicyclic) bond motifs is 1. The van der Waals surface area contributed by atoms with Gasteiger partial charge in [-0.15, -0.1) is 17.9 Å². The van der Waals surface area contributed by atoms with Crippen molar-refractivity contribution in [2.75, 3.05) is 45.8 Å². The van der Waals surface area contributed by atoms with Gasteiger partial charge >= 0.3 is 26.0 Å². The number of thiazole rings is 1. The molecule has 2 aromatic heterocycles. The molecule has 21 nitrogen and oxygen atoms in total. The van der Waals surface area contributed by atoms with Gasteiger partial charge in [-0.3, -0.25) is 23.2 Å². The minimum atomic E-state index is -4.74. The number of benzene rings is 1. The number of anilines is 1. The quantitative estimate of drug-likeness (QED) is 0.0263. The molecule has 5 atom stereocenters. The van der Waals surface area contributed by atoms with E-state index in [2.05, 4.69) is 22.5 Å². The van der Waals surface area contributed by atoms with Crippen LogP contribution in [0.5, 0.6) is 11.5 Å². The molecule has 3 aliphatic rings. The van der Waals surface area contributed by atoms with Crippen LogP contribution in [0.4, 0.5) is 19.5 Å². The average molecular weight is 1060 g/mol. The van der Waals surface area contributed by atoms with E-state index in [4.69, 9.17) is 52.2 Å². The number of carbonyl (C=O) groups is 5. The van der Waals surface area contributed by atoms with Crippen LogP contribution in [0, 0.1) is 23.2 Å². The lowest BCUT2D eigenvalue weighted by atomic mass is 9.85. The molecule has 3 amide bonds. The van der Waals surface area contributed by atoms with E-state index >= 15 is 14.2 Å². The summed E-state index contributed by atoms with van der Waals surface area (Å²) in [5.74, 6) is -1.25. The van der Waals surface area contributed by atoms with Crippen molar-refractivity contribution >= 4 is 65.2 Å². The highest BCUT2D eigenvalue weighted by Crippen LogP contribution is 2.73. The largest absolute Gasteiger partial charge is 0.510 e. The topological polar surface area (TPSA) is 251 Å². The van der Waals surface area contributed by atoms with Crippen molar-refractivity contribution < 1.29 is 70.7 Å². The molecule has 3 heterocycles. The van der Waals surface area contributed by atoms with Gasteiger partial charge in [0.25, 0.3) is 0 Å². The Bertz CT molecular complexity index is 2460. The maximum absolute atomic E-state index is 15.1. The van der Waals surface area contributed by atoms with E-state index in [1.165, 1.54) is 22.3 Å². The van der Waals surface area contributed by atoms with E-state index in [0.29, 0.717) is 51.8 Å². The molecule has 3 aromatic rings. The van der Waals surface area contributed by atoms with Gasteiger partial charge < -0.3 is 54.0 Å². The summed E-state index contributed by atoms with van der Waals surface area (Å²) in [5, 5.41) is 10.3. The van der Waals surface area contributed by atoms with Gasteiger partial charge in [0, 0.05) is 41.3 Å². The minimum Gasteiger partial charge on any atom is -0.497 e. The second kappa shape index (κ2) is 24.6. The molecule has 1 saturated heterocycles. The zero-order valence-corrected chi connectivity index (χ0v) is 45.1.